The smallest absolute Gasteiger partial charge is 0.410 e. The minimum absolute atomic E-state index is 0.0663. The van der Waals surface area contributed by atoms with Gasteiger partial charge in [0, 0.05) is 6.04 Å². The zero-order valence-electron chi connectivity index (χ0n) is 15.5. The van der Waals surface area contributed by atoms with Gasteiger partial charge in [0.1, 0.15) is 5.60 Å². The summed E-state index contributed by atoms with van der Waals surface area (Å²) in [5, 5.41) is -0.444. The first kappa shape index (κ1) is 18.8. The summed E-state index contributed by atoms with van der Waals surface area (Å²) in [5.74, 6) is 0. The average molecular weight is 357 g/mol. The Morgan fingerprint density at radius 2 is 1.75 bits per heavy atom. The molecule has 0 atom stereocenters. The van der Waals surface area contributed by atoms with Gasteiger partial charge in [-0.1, -0.05) is 0 Å². The lowest BCUT2D eigenvalue weighted by molar-refractivity contribution is 0.0236. The summed E-state index contributed by atoms with van der Waals surface area (Å²) in [5.41, 5.74) is 0.834. The van der Waals surface area contributed by atoms with E-state index in [1.165, 1.54) is 0 Å². The fourth-order valence-electron chi connectivity index (χ4n) is 2.60. The van der Waals surface area contributed by atoms with Gasteiger partial charge < -0.3 is 9.30 Å². The molecule has 0 aromatic carbocycles. The summed E-state index contributed by atoms with van der Waals surface area (Å²) in [4.78, 5) is 18.2. The standard InChI is InChI=1S/C16H27N3O4S/c1-10(2)19-13-9-18(15(20)23-16(5,6)7)8-12(13)17-14(19)24(21,22)11(3)4/h10-11H,8-9H2,1-7H3. The van der Waals surface area contributed by atoms with Crippen molar-refractivity contribution in [2.75, 3.05) is 0 Å². The molecule has 0 spiro atoms. The molecule has 136 valence electrons. The molecule has 0 radical (unpaired) electrons. The predicted molar refractivity (Wildman–Crippen MR) is 90.4 cm³/mol. The summed E-state index contributed by atoms with van der Waals surface area (Å²) in [7, 11) is -3.48. The van der Waals surface area contributed by atoms with Gasteiger partial charge in [-0.05, 0) is 48.5 Å². The fraction of sp³-hybridized carbons (Fsp3) is 0.750. The number of carbonyl (C=O) groups is 1. The van der Waals surface area contributed by atoms with Crippen molar-refractivity contribution in [1.82, 2.24) is 14.5 Å². The van der Waals surface area contributed by atoms with E-state index in [1.807, 2.05) is 34.6 Å². The van der Waals surface area contributed by atoms with E-state index in [0.717, 1.165) is 5.69 Å². The zero-order chi connectivity index (χ0) is 18.4. The quantitative estimate of drug-likeness (QED) is 0.831. The lowest BCUT2D eigenvalue weighted by atomic mass is 10.2. The first-order valence-electron chi connectivity index (χ1n) is 8.16. The lowest BCUT2D eigenvalue weighted by Crippen LogP contribution is -2.34. The largest absolute Gasteiger partial charge is 0.444 e. The molecule has 0 unspecified atom stereocenters. The van der Waals surface area contributed by atoms with Crippen molar-refractivity contribution in [1.29, 1.82) is 0 Å². The third-order valence-electron chi connectivity index (χ3n) is 3.79. The monoisotopic (exact) mass is 357 g/mol. The van der Waals surface area contributed by atoms with Crippen LogP contribution in [0.4, 0.5) is 4.79 Å². The molecule has 0 saturated carbocycles. The highest BCUT2D eigenvalue weighted by Crippen LogP contribution is 2.31. The van der Waals surface area contributed by atoms with Crippen molar-refractivity contribution in [2.45, 2.75) is 83.6 Å². The topological polar surface area (TPSA) is 81.5 Å². The molecule has 1 aromatic heterocycles. The molecular weight excluding hydrogens is 330 g/mol. The molecule has 1 aliphatic rings. The highest BCUT2D eigenvalue weighted by Gasteiger charge is 2.36. The van der Waals surface area contributed by atoms with Crippen LogP contribution in [0.5, 0.6) is 0 Å². The second-order valence-electron chi connectivity index (χ2n) is 7.68. The molecule has 1 aromatic rings. The van der Waals surface area contributed by atoms with Crippen molar-refractivity contribution in [3.8, 4) is 0 Å². The van der Waals surface area contributed by atoms with E-state index < -0.39 is 26.8 Å². The van der Waals surface area contributed by atoms with Gasteiger partial charge in [-0.3, -0.25) is 4.90 Å². The van der Waals surface area contributed by atoms with Crippen LogP contribution in [0.3, 0.4) is 0 Å². The number of sulfone groups is 1. The number of rotatable bonds is 3. The third-order valence-corrected chi connectivity index (χ3v) is 5.82. The van der Waals surface area contributed by atoms with Crippen LogP contribution in [0.25, 0.3) is 0 Å². The first-order valence-corrected chi connectivity index (χ1v) is 9.71. The minimum atomic E-state index is -3.48. The van der Waals surface area contributed by atoms with E-state index in [-0.39, 0.29) is 17.7 Å². The average Bonchev–Trinajstić information content (AvgIpc) is 2.92. The molecule has 0 saturated heterocycles. The van der Waals surface area contributed by atoms with Crippen LogP contribution in [-0.2, 0) is 27.7 Å². The molecule has 2 heterocycles. The van der Waals surface area contributed by atoms with Gasteiger partial charge in [-0.25, -0.2) is 18.2 Å². The van der Waals surface area contributed by atoms with Crippen molar-refractivity contribution >= 4 is 15.9 Å². The Balaban J connectivity index is 2.37. The van der Waals surface area contributed by atoms with Crippen LogP contribution < -0.4 is 0 Å². The van der Waals surface area contributed by atoms with Gasteiger partial charge in [0.15, 0.2) is 0 Å². The second kappa shape index (κ2) is 6.06. The Morgan fingerprint density at radius 3 is 2.21 bits per heavy atom. The van der Waals surface area contributed by atoms with Crippen LogP contribution in [0.2, 0.25) is 0 Å². The van der Waals surface area contributed by atoms with Crippen molar-refractivity contribution in [2.24, 2.45) is 0 Å². The van der Waals surface area contributed by atoms with Crippen LogP contribution in [0.1, 0.15) is 65.9 Å². The number of aromatic nitrogens is 2. The Morgan fingerprint density at radius 1 is 1.17 bits per heavy atom. The SMILES string of the molecule is CC(C)n1c(S(=O)(=O)C(C)C)nc2c1CN(C(=O)OC(C)(C)C)C2. The van der Waals surface area contributed by atoms with E-state index in [2.05, 4.69) is 4.98 Å². The maximum absolute atomic E-state index is 12.6. The number of amides is 1. The van der Waals surface area contributed by atoms with E-state index in [4.69, 9.17) is 4.74 Å². The maximum Gasteiger partial charge on any atom is 0.410 e. The normalized spacial score (nSPS) is 15.3. The number of carbonyl (C=O) groups excluding carboxylic acids is 1. The van der Waals surface area contributed by atoms with Gasteiger partial charge in [-0.2, -0.15) is 0 Å². The summed E-state index contributed by atoms with van der Waals surface area (Å²) < 4.78 is 32.3. The molecule has 0 aliphatic carbocycles. The molecule has 0 fully saturated rings. The van der Waals surface area contributed by atoms with E-state index >= 15 is 0 Å². The Bertz CT molecular complexity index is 742. The highest BCUT2D eigenvalue weighted by molar-refractivity contribution is 7.91. The molecule has 24 heavy (non-hydrogen) atoms. The summed E-state index contributed by atoms with van der Waals surface area (Å²) >= 11 is 0. The molecule has 2 rings (SSSR count). The molecular formula is C16H27N3O4S. The van der Waals surface area contributed by atoms with Gasteiger partial charge in [0.25, 0.3) is 0 Å². The number of hydrogen-bond acceptors (Lipinski definition) is 5. The van der Waals surface area contributed by atoms with Crippen molar-refractivity contribution < 1.29 is 17.9 Å². The van der Waals surface area contributed by atoms with E-state index in [1.54, 1.807) is 23.3 Å². The van der Waals surface area contributed by atoms with Gasteiger partial charge in [-0.15, -0.1) is 0 Å². The number of ether oxygens (including phenoxy) is 1. The van der Waals surface area contributed by atoms with Crippen LogP contribution in [-0.4, -0.2) is 39.8 Å². The van der Waals surface area contributed by atoms with Crippen LogP contribution in [0, 0.1) is 0 Å². The summed E-state index contributed by atoms with van der Waals surface area (Å²) in [6, 6.07) is -0.0663. The molecule has 0 N–H and O–H groups in total. The van der Waals surface area contributed by atoms with E-state index in [9.17, 15) is 13.2 Å². The van der Waals surface area contributed by atoms with Crippen LogP contribution >= 0.6 is 0 Å². The van der Waals surface area contributed by atoms with Gasteiger partial charge >= 0.3 is 6.09 Å². The fourth-order valence-corrected chi connectivity index (χ4v) is 3.85. The Kier molecular flexibility index (Phi) is 4.74. The number of fused-ring (bicyclic) bond motifs is 1. The molecule has 1 aliphatic heterocycles. The Labute approximate surface area is 143 Å². The number of nitrogens with zero attached hydrogens (tertiary/aromatic N) is 3. The first-order chi connectivity index (χ1) is 10.8. The zero-order valence-corrected chi connectivity index (χ0v) is 16.3. The molecule has 1 amide bonds. The van der Waals surface area contributed by atoms with E-state index in [0.29, 0.717) is 12.2 Å². The summed E-state index contributed by atoms with van der Waals surface area (Å²) in [6.45, 7) is 13.1. The Hall–Kier alpha value is -1.57. The second-order valence-corrected chi connectivity index (χ2v) is 10.1. The van der Waals surface area contributed by atoms with Gasteiger partial charge in [0.05, 0.1) is 29.7 Å². The van der Waals surface area contributed by atoms with Crippen molar-refractivity contribution in [3.63, 3.8) is 0 Å². The third kappa shape index (κ3) is 3.43. The summed E-state index contributed by atoms with van der Waals surface area (Å²) in [6.07, 6.45) is -0.413. The maximum atomic E-state index is 12.6. The van der Waals surface area contributed by atoms with Crippen LogP contribution in [0.15, 0.2) is 5.16 Å². The minimum Gasteiger partial charge on any atom is -0.444 e. The number of imidazole rings is 1. The lowest BCUT2D eigenvalue weighted by Gasteiger charge is -2.24. The predicted octanol–water partition coefficient (Wildman–Crippen LogP) is 2.90. The molecule has 8 heteroatoms. The van der Waals surface area contributed by atoms with Crippen molar-refractivity contribution in [3.05, 3.63) is 11.4 Å². The highest BCUT2D eigenvalue weighted by atomic mass is 32.2. The number of hydrogen-bond donors (Lipinski definition) is 0. The molecule has 0 bridgehead atoms. The van der Waals surface area contributed by atoms with Gasteiger partial charge in [0.2, 0.25) is 15.0 Å². The molecule has 7 nitrogen and oxygen atoms in total.